The van der Waals surface area contributed by atoms with Crippen LogP contribution in [0.2, 0.25) is 0 Å². The first-order chi connectivity index (χ1) is 12.9. The smallest absolute Gasteiger partial charge is 0.270 e. The van der Waals surface area contributed by atoms with Gasteiger partial charge in [-0.2, -0.15) is 26.3 Å². The Kier molecular flexibility index (Phi) is 5.97. The molecular weight excluding hydrogens is 395 g/mol. The second-order valence-corrected chi connectivity index (χ2v) is 5.71. The van der Waals surface area contributed by atoms with Crippen molar-refractivity contribution in [3.63, 3.8) is 0 Å². The van der Waals surface area contributed by atoms with Gasteiger partial charge in [-0.1, -0.05) is 24.3 Å². The van der Waals surface area contributed by atoms with E-state index < -0.39 is 29.5 Å². The van der Waals surface area contributed by atoms with Gasteiger partial charge in [0, 0.05) is 25.0 Å². The third kappa shape index (κ3) is 4.08. The highest BCUT2D eigenvalue weighted by molar-refractivity contribution is 5.93. The monoisotopic (exact) mass is 409 g/mol. The lowest BCUT2D eigenvalue weighted by molar-refractivity contribution is -0.348. The van der Waals surface area contributed by atoms with Crippen LogP contribution in [0.5, 0.6) is 0 Å². The van der Waals surface area contributed by atoms with Crippen molar-refractivity contribution >= 4 is 5.91 Å². The standard InChI is InChI=1S/C17H14F7N3O/c1-25-27(14(28)12-3-2-8-26-9-12)10-11-4-6-13(7-5-11)15(18,16(19,20)21)17(22,23)24/h2-9,25H,10H2,1H3. The summed E-state index contributed by atoms with van der Waals surface area (Å²) in [5, 5.41) is 1.07. The van der Waals surface area contributed by atoms with Crippen molar-refractivity contribution in [2.75, 3.05) is 7.05 Å². The van der Waals surface area contributed by atoms with Crippen LogP contribution in [0.4, 0.5) is 30.7 Å². The molecular formula is C17H14F7N3O. The van der Waals surface area contributed by atoms with Crippen molar-refractivity contribution in [2.45, 2.75) is 24.6 Å². The zero-order valence-corrected chi connectivity index (χ0v) is 14.3. The molecule has 1 heterocycles. The normalized spacial score (nSPS) is 12.7. The minimum Gasteiger partial charge on any atom is -0.270 e. The number of rotatable bonds is 5. The Morgan fingerprint density at radius 1 is 1.00 bits per heavy atom. The SMILES string of the molecule is CNN(Cc1ccc(C(F)(C(F)(F)F)C(F)(F)F)cc1)C(=O)c1cccnc1. The van der Waals surface area contributed by atoms with Gasteiger partial charge in [-0.3, -0.25) is 14.8 Å². The number of hydrazine groups is 1. The van der Waals surface area contributed by atoms with E-state index in [9.17, 15) is 35.5 Å². The molecule has 0 atom stereocenters. The van der Waals surface area contributed by atoms with E-state index in [2.05, 4.69) is 10.4 Å². The topological polar surface area (TPSA) is 45.2 Å². The molecule has 152 valence electrons. The van der Waals surface area contributed by atoms with E-state index in [0.717, 1.165) is 17.1 Å². The highest BCUT2D eigenvalue weighted by atomic mass is 19.4. The number of hydrogen-bond donors (Lipinski definition) is 1. The Morgan fingerprint density at radius 2 is 1.57 bits per heavy atom. The number of carbonyl (C=O) groups is 1. The van der Waals surface area contributed by atoms with Gasteiger partial charge in [0.2, 0.25) is 0 Å². The average Bonchev–Trinajstić information content (AvgIpc) is 2.64. The summed E-state index contributed by atoms with van der Waals surface area (Å²) in [5.74, 6) is -0.523. The fraction of sp³-hybridized carbons (Fsp3) is 0.294. The number of hydrogen-bond acceptors (Lipinski definition) is 3. The number of halogens is 7. The predicted octanol–water partition coefficient (Wildman–Crippen LogP) is 4.15. The molecule has 1 aromatic carbocycles. The largest absolute Gasteiger partial charge is 0.435 e. The molecule has 1 N–H and O–H groups in total. The van der Waals surface area contributed by atoms with E-state index in [4.69, 9.17) is 0 Å². The Morgan fingerprint density at radius 3 is 2.00 bits per heavy atom. The maximum atomic E-state index is 14.0. The van der Waals surface area contributed by atoms with E-state index in [-0.39, 0.29) is 17.7 Å². The summed E-state index contributed by atoms with van der Waals surface area (Å²) < 4.78 is 90.7. The predicted molar refractivity (Wildman–Crippen MR) is 84.5 cm³/mol. The summed E-state index contributed by atoms with van der Waals surface area (Å²) in [5.41, 5.74) is -4.13. The highest BCUT2D eigenvalue weighted by Gasteiger charge is 2.73. The van der Waals surface area contributed by atoms with Crippen LogP contribution in [0.3, 0.4) is 0 Å². The summed E-state index contributed by atoms with van der Waals surface area (Å²) >= 11 is 0. The first-order valence-corrected chi connectivity index (χ1v) is 7.73. The lowest BCUT2D eigenvalue weighted by atomic mass is 9.93. The molecule has 0 radical (unpaired) electrons. The zero-order chi connectivity index (χ0) is 21.2. The van der Waals surface area contributed by atoms with Gasteiger partial charge in [-0.25, -0.2) is 9.82 Å². The molecule has 1 aromatic heterocycles. The van der Waals surface area contributed by atoms with Crippen LogP contribution >= 0.6 is 0 Å². The fourth-order valence-electron chi connectivity index (χ4n) is 2.41. The molecule has 2 rings (SSSR count). The van der Waals surface area contributed by atoms with Crippen molar-refractivity contribution in [3.8, 4) is 0 Å². The van der Waals surface area contributed by atoms with Crippen LogP contribution in [0.1, 0.15) is 21.5 Å². The summed E-state index contributed by atoms with van der Waals surface area (Å²) in [4.78, 5) is 16.1. The van der Waals surface area contributed by atoms with Gasteiger partial charge in [0.1, 0.15) is 0 Å². The third-order valence-electron chi connectivity index (χ3n) is 3.90. The first-order valence-electron chi connectivity index (χ1n) is 7.73. The van der Waals surface area contributed by atoms with E-state index in [1.54, 1.807) is 0 Å². The number of nitrogens with zero attached hydrogens (tertiary/aromatic N) is 2. The second-order valence-electron chi connectivity index (χ2n) is 5.71. The minimum atomic E-state index is -6.18. The first kappa shape index (κ1) is 21.6. The Hall–Kier alpha value is -2.69. The van der Waals surface area contributed by atoms with Crippen molar-refractivity contribution in [3.05, 3.63) is 65.5 Å². The molecule has 0 saturated heterocycles. The Bertz CT molecular complexity index is 790. The van der Waals surface area contributed by atoms with Crippen molar-refractivity contribution < 1.29 is 35.5 Å². The maximum absolute atomic E-state index is 14.0. The number of aromatic nitrogens is 1. The van der Waals surface area contributed by atoms with Gasteiger partial charge in [0.05, 0.1) is 12.1 Å². The van der Waals surface area contributed by atoms with E-state index in [0.29, 0.717) is 12.1 Å². The molecule has 0 unspecified atom stereocenters. The average molecular weight is 409 g/mol. The van der Waals surface area contributed by atoms with Gasteiger partial charge in [0.25, 0.3) is 5.91 Å². The van der Waals surface area contributed by atoms with E-state index >= 15 is 0 Å². The molecule has 0 aliphatic rings. The molecule has 11 heteroatoms. The third-order valence-corrected chi connectivity index (χ3v) is 3.90. The van der Waals surface area contributed by atoms with Crippen molar-refractivity contribution in [1.82, 2.24) is 15.4 Å². The minimum absolute atomic E-state index is 0.182. The van der Waals surface area contributed by atoms with Crippen LogP contribution in [0.25, 0.3) is 0 Å². The maximum Gasteiger partial charge on any atom is 0.435 e. The Balaban J connectivity index is 2.27. The van der Waals surface area contributed by atoms with Crippen molar-refractivity contribution in [1.29, 1.82) is 0 Å². The fourth-order valence-corrected chi connectivity index (χ4v) is 2.41. The lowest BCUT2D eigenvalue weighted by Gasteiger charge is -2.30. The van der Waals surface area contributed by atoms with Gasteiger partial charge >= 0.3 is 18.0 Å². The van der Waals surface area contributed by atoms with E-state index in [1.165, 1.54) is 31.6 Å². The highest BCUT2D eigenvalue weighted by Crippen LogP contribution is 2.53. The summed E-state index contributed by atoms with van der Waals surface area (Å²) in [6.45, 7) is -0.193. The molecule has 0 aliphatic heterocycles. The summed E-state index contributed by atoms with van der Waals surface area (Å²) in [6.07, 6.45) is -9.62. The number of pyridine rings is 1. The van der Waals surface area contributed by atoms with E-state index in [1.807, 2.05) is 0 Å². The number of amides is 1. The number of nitrogens with one attached hydrogen (secondary N) is 1. The molecule has 0 saturated carbocycles. The molecule has 2 aromatic rings. The van der Waals surface area contributed by atoms with Gasteiger partial charge in [-0.05, 0) is 17.7 Å². The molecule has 0 bridgehead atoms. The van der Waals surface area contributed by atoms with Gasteiger partial charge in [0.15, 0.2) is 0 Å². The number of alkyl halides is 7. The van der Waals surface area contributed by atoms with Crippen LogP contribution in [0.15, 0.2) is 48.8 Å². The van der Waals surface area contributed by atoms with Crippen LogP contribution in [0, 0.1) is 0 Å². The van der Waals surface area contributed by atoms with Gasteiger partial charge in [-0.15, -0.1) is 0 Å². The van der Waals surface area contributed by atoms with Crippen LogP contribution in [-0.2, 0) is 12.2 Å². The zero-order valence-electron chi connectivity index (χ0n) is 14.3. The summed E-state index contributed by atoms with van der Waals surface area (Å²) in [7, 11) is 1.41. The molecule has 0 spiro atoms. The van der Waals surface area contributed by atoms with Crippen LogP contribution in [-0.4, -0.2) is 35.3 Å². The molecule has 4 nitrogen and oxygen atoms in total. The molecule has 1 amide bonds. The van der Waals surface area contributed by atoms with Crippen LogP contribution < -0.4 is 5.43 Å². The van der Waals surface area contributed by atoms with Gasteiger partial charge < -0.3 is 0 Å². The molecule has 28 heavy (non-hydrogen) atoms. The quantitative estimate of drug-likeness (QED) is 0.596. The molecule has 0 aliphatic carbocycles. The van der Waals surface area contributed by atoms with Crippen molar-refractivity contribution in [2.24, 2.45) is 0 Å². The lowest BCUT2D eigenvalue weighted by Crippen LogP contribution is -2.50. The number of carbonyl (C=O) groups excluding carboxylic acids is 1. The Labute approximate surface area is 154 Å². The summed E-state index contributed by atoms with van der Waals surface area (Å²) in [6, 6.07) is 5.58. The second kappa shape index (κ2) is 7.74. The molecule has 0 fully saturated rings. The number of benzene rings is 1.